The fraction of sp³-hybridized carbons (Fsp3) is 0.500. The van der Waals surface area contributed by atoms with Gasteiger partial charge in [-0.1, -0.05) is 89.0 Å². The summed E-state index contributed by atoms with van der Waals surface area (Å²) in [7, 11) is 0. The van der Waals surface area contributed by atoms with Crippen molar-refractivity contribution in [3.05, 3.63) is 59.8 Å². The highest BCUT2D eigenvalue weighted by atomic mass is 16.5. The summed E-state index contributed by atoms with van der Waals surface area (Å²) >= 11 is 0. The zero-order valence-electron chi connectivity index (χ0n) is 19.8. The molecule has 0 saturated carbocycles. The Morgan fingerprint density at radius 1 is 1.00 bits per heavy atom. The van der Waals surface area contributed by atoms with Crippen LogP contribution in [0.15, 0.2) is 54.3 Å². The number of nitriles is 1. The number of para-hydroxylation sites is 1. The van der Waals surface area contributed by atoms with Crippen LogP contribution in [-0.2, 0) is 9.53 Å². The molecule has 0 radical (unpaired) electrons. The molecule has 172 valence electrons. The zero-order valence-corrected chi connectivity index (χ0v) is 19.8. The first-order valence-corrected chi connectivity index (χ1v) is 12.2. The van der Waals surface area contributed by atoms with Crippen LogP contribution >= 0.6 is 0 Å². The van der Waals surface area contributed by atoms with Crippen LogP contribution < -0.4 is 4.90 Å². The molecular weight excluding hydrogens is 396 g/mol. The van der Waals surface area contributed by atoms with E-state index in [0.29, 0.717) is 0 Å². The van der Waals surface area contributed by atoms with Crippen molar-refractivity contribution in [1.29, 1.82) is 5.26 Å². The highest BCUT2D eigenvalue weighted by Gasteiger charge is 2.15. The Morgan fingerprint density at radius 2 is 1.66 bits per heavy atom. The molecule has 2 rings (SSSR count). The van der Waals surface area contributed by atoms with Crippen molar-refractivity contribution < 1.29 is 9.53 Å². The fourth-order valence-corrected chi connectivity index (χ4v) is 3.95. The van der Waals surface area contributed by atoms with Crippen molar-refractivity contribution in [2.75, 3.05) is 18.1 Å². The van der Waals surface area contributed by atoms with E-state index in [4.69, 9.17) is 4.74 Å². The van der Waals surface area contributed by atoms with Crippen molar-refractivity contribution in [3.8, 4) is 6.07 Å². The number of carbonyl (C=O) groups is 1. The maximum Gasteiger partial charge on any atom is 0.348 e. The highest BCUT2D eigenvalue weighted by molar-refractivity contribution is 5.94. The summed E-state index contributed by atoms with van der Waals surface area (Å²) in [6.07, 6.45) is 20.9. The number of ether oxygens (including phenoxy) is 1. The minimum absolute atomic E-state index is 0.0121. The number of hydrogen-bond acceptors (Lipinski definition) is 4. The van der Waals surface area contributed by atoms with Gasteiger partial charge in [0.25, 0.3) is 0 Å². The minimum atomic E-state index is -0.581. The minimum Gasteiger partial charge on any atom is -0.462 e. The molecule has 0 spiro atoms. The summed E-state index contributed by atoms with van der Waals surface area (Å²) in [5.41, 5.74) is 3.27. The molecule has 0 unspecified atom stereocenters. The molecule has 0 aromatic heterocycles. The summed E-state index contributed by atoms with van der Waals surface area (Å²) in [5.74, 6) is -0.581. The third-order valence-electron chi connectivity index (χ3n) is 5.76. The van der Waals surface area contributed by atoms with Crippen molar-refractivity contribution in [1.82, 2.24) is 0 Å². The Balaban J connectivity index is 1.88. The van der Waals surface area contributed by atoms with Crippen molar-refractivity contribution >= 4 is 17.2 Å². The summed E-state index contributed by atoms with van der Waals surface area (Å²) in [5, 5.41) is 9.24. The van der Waals surface area contributed by atoms with Gasteiger partial charge in [-0.15, -0.1) is 0 Å². The molecule has 1 heterocycles. The summed E-state index contributed by atoms with van der Waals surface area (Å²) in [6, 6.07) is 10.2. The second-order valence-corrected chi connectivity index (χ2v) is 8.24. The van der Waals surface area contributed by atoms with E-state index < -0.39 is 5.97 Å². The Kier molecular flexibility index (Phi) is 12.0. The standard InChI is InChI=1S/C28H38N2O2/c1-3-5-6-7-8-9-10-11-12-15-21-30-22-20-24(26-16-13-14-17-27(26)30)18-19-25(23-29)28(31)32-4-2/h13-14,16-20,22H,3-12,15,21H2,1-2H3/b24-18-,25-19-. The monoisotopic (exact) mass is 434 g/mol. The van der Waals surface area contributed by atoms with Crippen LogP contribution in [0.25, 0.3) is 5.57 Å². The Labute approximate surface area is 194 Å². The average Bonchev–Trinajstić information content (AvgIpc) is 2.81. The van der Waals surface area contributed by atoms with Crippen molar-refractivity contribution in [2.45, 2.75) is 78.1 Å². The molecule has 0 atom stereocenters. The van der Waals surface area contributed by atoms with Gasteiger partial charge in [-0.05, 0) is 37.1 Å². The summed E-state index contributed by atoms with van der Waals surface area (Å²) in [4.78, 5) is 14.2. The van der Waals surface area contributed by atoms with E-state index in [1.807, 2.05) is 18.2 Å². The largest absolute Gasteiger partial charge is 0.462 e. The number of allylic oxidation sites excluding steroid dienone is 4. The molecule has 0 aliphatic carbocycles. The van der Waals surface area contributed by atoms with Crippen LogP contribution in [-0.4, -0.2) is 19.1 Å². The smallest absolute Gasteiger partial charge is 0.348 e. The van der Waals surface area contributed by atoms with Gasteiger partial charge in [0.1, 0.15) is 11.6 Å². The number of rotatable bonds is 14. The maximum absolute atomic E-state index is 11.8. The second kappa shape index (κ2) is 15.1. The van der Waals surface area contributed by atoms with E-state index in [1.165, 1.54) is 69.9 Å². The van der Waals surface area contributed by atoms with E-state index in [-0.39, 0.29) is 12.2 Å². The van der Waals surface area contributed by atoms with E-state index in [2.05, 4.69) is 42.3 Å². The highest BCUT2D eigenvalue weighted by Crippen LogP contribution is 2.33. The van der Waals surface area contributed by atoms with Gasteiger partial charge in [0, 0.05) is 24.0 Å². The van der Waals surface area contributed by atoms with Gasteiger partial charge in [-0.3, -0.25) is 0 Å². The molecule has 4 nitrogen and oxygen atoms in total. The number of carbonyl (C=O) groups excluding carboxylic acids is 1. The van der Waals surface area contributed by atoms with Crippen molar-refractivity contribution in [2.24, 2.45) is 0 Å². The predicted octanol–water partition coefficient (Wildman–Crippen LogP) is 7.34. The van der Waals surface area contributed by atoms with Gasteiger partial charge in [-0.2, -0.15) is 5.26 Å². The fourth-order valence-electron chi connectivity index (χ4n) is 3.95. The van der Waals surface area contributed by atoms with Crippen LogP contribution in [0.3, 0.4) is 0 Å². The lowest BCUT2D eigenvalue weighted by molar-refractivity contribution is -0.138. The lowest BCUT2D eigenvalue weighted by atomic mass is 9.98. The Bertz CT molecular complexity index is 845. The van der Waals surface area contributed by atoms with Crippen LogP contribution in [0.4, 0.5) is 5.69 Å². The van der Waals surface area contributed by atoms with Gasteiger partial charge in [0.15, 0.2) is 0 Å². The third kappa shape index (κ3) is 8.38. The average molecular weight is 435 g/mol. The summed E-state index contributed by atoms with van der Waals surface area (Å²) < 4.78 is 4.94. The van der Waals surface area contributed by atoms with E-state index in [1.54, 1.807) is 13.0 Å². The van der Waals surface area contributed by atoms with Crippen LogP contribution in [0.5, 0.6) is 0 Å². The molecule has 4 heteroatoms. The van der Waals surface area contributed by atoms with Crippen LogP contribution in [0.2, 0.25) is 0 Å². The molecule has 0 bridgehead atoms. The zero-order chi connectivity index (χ0) is 23.0. The molecule has 32 heavy (non-hydrogen) atoms. The normalized spacial score (nSPS) is 14.3. The van der Waals surface area contributed by atoms with Gasteiger partial charge in [0.2, 0.25) is 0 Å². The van der Waals surface area contributed by atoms with Crippen LogP contribution in [0, 0.1) is 11.3 Å². The number of fused-ring (bicyclic) bond motifs is 1. The first kappa shape index (κ1) is 25.5. The SMILES string of the molecule is CCCCCCCCCCCCN1C=C/C(=C/C=C(/C#N)C(=O)OCC)c2ccccc21. The topological polar surface area (TPSA) is 53.3 Å². The van der Waals surface area contributed by atoms with E-state index in [9.17, 15) is 10.1 Å². The number of hydrogen-bond donors (Lipinski definition) is 0. The molecule has 0 saturated heterocycles. The number of esters is 1. The number of nitrogens with zero attached hydrogens (tertiary/aromatic N) is 2. The van der Waals surface area contributed by atoms with E-state index in [0.717, 1.165) is 17.7 Å². The molecule has 1 aromatic carbocycles. The predicted molar refractivity (Wildman–Crippen MR) is 133 cm³/mol. The molecule has 1 aliphatic heterocycles. The van der Waals surface area contributed by atoms with Gasteiger partial charge in [0.05, 0.1) is 6.61 Å². The number of unbranched alkanes of at least 4 members (excludes halogenated alkanes) is 9. The van der Waals surface area contributed by atoms with Gasteiger partial charge < -0.3 is 9.64 Å². The summed E-state index contributed by atoms with van der Waals surface area (Å²) in [6.45, 7) is 5.25. The third-order valence-corrected chi connectivity index (χ3v) is 5.76. The van der Waals surface area contributed by atoms with E-state index >= 15 is 0 Å². The molecule has 0 fully saturated rings. The molecule has 1 aromatic rings. The van der Waals surface area contributed by atoms with Crippen molar-refractivity contribution in [3.63, 3.8) is 0 Å². The Morgan fingerprint density at radius 3 is 2.31 bits per heavy atom. The van der Waals surface area contributed by atoms with Gasteiger partial charge >= 0.3 is 5.97 Å². The molecule has 0 N–H and O–H groups in total. The lowest BCUT2D eigenvalue weighted by Gasteiger charge is -2.27. The van der Waals surface area contributed by atoms with Gasteiger partial charge in [-0.25, -0.2) is 4.79 Å². The Hall–Kier alpha value is -2.80. The molecule has 1 aliphatic rings. The second-order valence-electron chi connectivity index (χ2n) is 8.24. The number of anilines is 1. The molecular formula is C28H38N2O2. The number of benzene rings is 1. The maximum atomic E-state index is 11.8. The quantitative estimate of drug-likeness (QED) is 0.133. The first-order valence-electron chi connectivity index (χ1n) is 12.2. The first-order chi connectivity index (χ1) is 15.7. The lowest BCUT2D eigenvalue weighted by Crippen LogP contribution is -2.21. The molecule has 0 amide bonds. The van der Waals surface area contributed by atoms with Crippen LogP contribution in [0.1, 0.15) is 83.6 Å².